The number of halogens is 2. The van der Waals surface area contributed by atoms with Gasteiger partial charge in [0.1, 0.15) is 5.15 Å². The third kappa shape index (κ3) is 4.27. The van der Waals surface area contributed by atoms with Crippen LogP contribution < -0.4 is 0 Å². The van der Waals surface area contributed by atoms with Crippen molar-refractivity contribution in [2.24, 2.45) is 7.05 Å². The lowest BCUT2D eigenvalue weighted by Gasteiger charge is -2.20. The fourth-order valence-corrected chi connectivity index (χ4v) is 2.58. The molecular weight excluding hydrogens is 302 g/mol. The highest BCUT2D eigenvalue weighted by atomic mass is 79.9. The van der Waals surface area contributed by atoms with Crippen molar-refractivity contribution in [1.29, 1.82) is 0 Å². The van der Waals surface area contributed by atoms with Gasteiger partial charge in [0.05, 0.1) is 5.69 Å². The average molecular weight is 323 g/mol. The van der Waals surface area contributed by atoms with E-state index in [9.17, 15) is 0 Å². The molecule has 1 rings (SSSR count). The Morgan fingerprint density at radius 2 is 2.12 bits per heavy atom. The van der Waals surface area contributed by atoms with Gasteiger partial charge in [0.2, 0.25) is 0 Å². The number of alkyl halides is 1. The van der Waals surface area contributed by atoms with E-state index in [1.165, 1.54) is 12.8 Å². The minimum atomic E-state index is 0.763. The quantitative estimate of drug-likeness (QED) is 0.718. The molecule has 1 aromatic rings. The molecule has 0 aliphatic carbocycles. The van der Waals surface area contributed by atoms with Crippen molar-refractivity contribution in [2.45, 2.75) is 33.2 Å². The Hall–Kier alpha value is -0.0600. The summed E-state index contributed by atoms with van der Waals surface area (Å²) in [6, 6.07) is 0. The van der Waals surface area contributed by atoms with Gasteiger partial charge in [-0.25, -0.2) is 0 Å². The maximum atomic E-state index is 6.25. The van der Waals surface area contributed by atoms with Gasteiger partial charge in [0.25, 0.3) is 0 Å². The highest BCUT2D eigenvalue weighted by Crippen LogP contribution is 2.20. The molecule has 0 aliphatic rings. The summed E-state index contributed by atoms with van der Waals surface area (Å²) in [7, 11) is 1.89. The molecule has 0 saturated carbocycles. The zero-order valence-electron chi connectivity index (χ0n) is 10.8. The summed E-state index contributed by atoms with van der Waals surface area (Å²) in [6.45, 7) is 7.30. The number of rotatable bonds is 7. The fourth-order valence-electron chi connectivity index (χ4n) is 1.85. The largest absolute Gasteiger partial charge is 0.298 e. The molecule has 0 aliphatic heterocycles. The fraction of sp³-hybridized carbons (Fsp3) is 0.750. The molecule has 1 aromatic heterocycles. The van der Waals surface area contributed by atoms with Crippen molar-refractivity contribution < 1.29 is 0 Å². The van der Waals surface area contributed by atoms with Gasteiger partial charge in [-0.2, -0.15) is 5.10 Å². The van der Waals surface area contributed by atoms with E-state index in [1.807, 2.05) is 14.0 Å². The van der Waals surface area contributed by atoms with Gasteiger partial charge in [-0.15, -0.1) is 0 Å². The SMILES string of the molecule is CCCCN(CCBr)Cc1c(C)nn(C)c1Cl. The number of aromatic nitrogens is 2. The van der Waals surface area contributed by atoms with Crippen LogP contribution in [0.4, 0.5) is 0 Å². The molecule has 5 heteroatoms. The second kappa shape index (κ2) is 7.39. The van der Waals surface area contributed by atoms with Gasteiger partial charge in [-0.05, 0) is 19.9 Å². The summed E-state index contributed by atoms with van der Waals surface area (Å²) >= 11 is 9.76. The Morgan fingerprint density at radius 3 is 2.59 bits per heavy atom. The first-order chi connectivity index (χ1) is 8.10. The number of hydrogen-bond acceptors (Lipinski definition) is 2. The lowest BCUT2D eigenvalue weighted by molar-refractivity contribution is 0.278. The molecule has 1 heterocycles. The van der Waals surface area contributed by atoms with Gasteiger partial charge in [0.15, 0.2) is 0 Å². The monoisotopic (exact) mass is 321 g/mol. The van der Waals surface area contributed by atoms with Crippen molar-refractivity contribution in [3.63, 3.8) is 0 Å². The first kappa shape index (κ1) is 15.0. The minimum absolute atomic E-state index is 0.763. The van der Waals surface area contributed by atoms with Gasteiger partial charge in [-0.3, -0.25) is 9.58 Å². The summed E-state index contributed by atoms with van der Waals surface area (Å²) in [5, 5.41) is 6.11. The Labute approximate surface area is 117 Å². The Kier molecular flexibility index (Phi) is 6.52. The summed E-state index contributed by atoms with van der Waals surface area (Å²) < 4.78 is 1.75. The van der Waals surface area contributed by atoms with Crippen LogP contribution in [0.5, 0.6) is 0 Å². The van der Waals surface area contributed by atoms with Crippen molar-refractivity contribution in [1.82, 2.24) is 14.7 Å². The molecule has 0 unspecified atom stereocenters. The van der Waals surface area contributed by atoms with E-state index in [0.717, 1.165) is 41.4 Å². The Bertz CT molecular complexity index is 352. The summed E-state index contributed by atoms with van der Waals surface area (Å²) in [5.74, 6) is 0. The molecule has 0 atom stereocenters. The Morgan fingerprint density at radius 1 is 1.41 bits per heavy atom. The number of hydrogen-bond donors (Lipinski definition) is 0. The van der Waals surface area contributed by atoms with E-state index in [1.54, 1.807) is 4.68 Å². The third-order valence-corrected chi connectivity index (χ3v) is 3.71. The van der Waals surface area contributed by atoms with Crippen LogP contribution in [0.2, 0.25) is 5.15 Å². The van der Waals surface area contributed by atoms with E-state index in [2.05, 4.69) is 32.9 Å². The second-order valence-corrected chi connectivity index (χ2v) is 5.45. The molecule has 17 heavy (non-hydrogen) atoms. The predicted molar refractivity (Wildman–Crippen MR) is 76.9 cm³/mol. The van der Waals surface area contributed by atoms with Crippen LogP contribution in [0.15, 0.2) is 0 Å². The maximum absolute atomic E-state index is 6.25. The molecular formula is C12H21BrClN3. The zero-order chi connectivity index (χ0) is 12.8. The number of aryl methyl sites for hydroxylation is 2. The Balaban J connectivity index is 2.70. The third-order valence-electron chi connectivity index (χ3n) is 2.88. The molecule has 98 valence electrons. The molecule has 0 amide bonds. The van der Waals surface area contributed by atoms with Crippen molar-refractivity contribution in [3.05, 3.63) is 16.4 Å². The van der Waals surface area contributed by atoms with E-state index >= 15 is 0 Å². The average Bonchev–Trinajstić information content (AvgIpc) is 2.53. The maximum Gasteiger partial charge on any atom is 0.131 e. The number of unbranched alkanes of at least 4 members (excludes halogenated alkanes) is 1. The van der Waals surface area contributed by atoms with Crippen molar-refractivity contribution in [3.8, 4) is 0 Å². The van der Waals surface area contributed by atoms with E-state index in [0.29, 0.717) is 0 Å². The summed E-state index contributed by atoms with van der Waals surface area (Å²) in [4.78, 5) is 2.42. The molecule has 0 fully saturated rings. The molecule has 0 aromatic carbocycles. The molecule has 3 nitrogen and oxygen atoms in total. The standard InChI is InChI=1S/C12H21BrClN3/c1-4-5-7-17(8-6-13)9-11-10(2)15-16(3)12(11)14/h4-9H2,1-3H3. The van der Waals surface area contributed by atoms with Crippen LogP contribution in [-0.4, -0.2) is 33.1 Å². The van der Waals surface area contributed by atoms with Crippen molar-refractivity contribution >= 4 is 27.5 Å². The summed E-state index contributed by atoms with van der Waals surface area (Å²) in [6.07, 6.45) is 2.45. The second-order valence-electron chi connectivity index (χ2n) is 4.30. The molecule has 0 bridgehead atoms. The zero-order valence-corrected chi connectivity index (χ0v) is 13.2. The van der Waals surface area contributed by atoms with Crippen LogP contribution in [0, 0.1) is 6.92 Å². The lowest BCUT2D eigenvalue weighted by Crippen LogP contribution is -2.26. The highest BCUT2D eigenvalue weighted by Gasteiger charge is 2.14. The minimum Gasteiger partial charge on any atom is -0.298 e. The highest BCUT2D eigenvalue weighted by molar-refractivity contribution is 9.09. The van der Waals surface area contributed by atoms with Crippen LogP contribution >= 0.6 is 27.5 Å². The van der Waals surface area contributed by atoms with Gasteiger partial charge < -0.3 is 0 Å². The van der Waals surface area contributed by atoms with Crippen LogP contribution in [0.25, 0.3) is 0 Å². The van der Waals surface area contributed by atoms with Crippen LogP contribution in [-0.2, 0) is 13.6 Å². The molecule has 0 spiro atoms. The van der Waals surface area contributed by atoms with E-state index < -0.39 is 0 Å². The molecule has 0 N–H and O–H groups in total. The van der Waals surface area contributed by atoms with Crippen LogP contribution in [0.3, 0.4) is 0 Å². The number of nitrogens with zero attached hydrogens (tertiary/aromatic N) is 3. The predicted octanol–water partition coefficient (Wildman–Crippen LogP) is 3.38. The molecule has 0 radical (unpaired) electrons. The summed E-state index contributed by atoms with van der Waals surface area (Å²) in [5.41, 5.74) is 2.19. The first-order valence-corrected chi connectivity index (χ1v) is 7.56. The molecule has 0 saturated heterocycles. The smallest absolute Gasteiger partial charge is 0.131 e. The normalized spacial score (nSPS) is 11.4. The van der Waals surface area contributed by atoms with E-state index in [-0.39, 0.29) is 0 Å². The topological polar surface area (TPSA) is 21.1 Å². The van der Waals surface area contributed by atoms with Gasteiger partial charge in [-0.1, -0.05) is 40.9 Å². The van der Waals surface area contributed by atoms with Crippen molar-refractivity contribution in [2.75, 3.05) is 18.4 Å². The first-order valence-electron chi connectivity index (χ1n) is 6.06. The lowest BCUT2D eigenvalue weighted by atomic mass is 10.2. The van der Waals surface area contributed by atoms with Gasteiger partial charge in [0, 0.05) is 31.0 Å². The van der Waals surface area contributed by atoms with E-state index in [4.69, 9.17) is 11.6 Å². The van der Waals surface area contributed by atoms with Gasteiger partial charge >= 0.3 is 0 Å². The van der Waals surface area contributed by atoms with Crippen LogP contribution in [0.1, 0.15) is 31.0 Å².